The van der Waals surface area contributed by atoms with E-state index in [1.54, 1.807) is 0 Å². The van der Waals surface area contributed by atoms with Crippen LogP contribution < -0.4 is 20.7 Å². The van der Waals surface area contributed by atoms with Crippen molar-refractivity contribution >= 4 is 53.1 Å². The third-order valence-electron chi connectivity index (χ3n) is 8.83. The highest BCUT2D eigenvalue weighted by Gasteiger charge is 2.49. The molecule has 0 fully saturated rings. The molecule has 0 unspecified atom stereocenters. The summed E-state index contributed by atoms with van der Waals surface area (Å²) in [5.41, 5.74) is 10.3. The Hall–Kier alpha value is -4.98. The maximum atomic E-state index is 2.50. The van der Waals surface area contributed by atoms with Crippen LogP contribution in [0.4, 0.5) is 0 Å². The Labute approximate surface area is 256 Å². The number of hydrogen-bond acceptors (Lipinski definition) is 0. The first-order chi connectivity index (χ1) is 21.1. The van der Waals surface area contributed by atoms with Crippen molar-refractivity contribution in [3.8, 4) is 11.1 Å². The Kier molecular flexibility index (Phi) is 7.10. The zero-order valence-corrected chi connectivity index (χ0v) is 25.7. The van der Waals surface area contributed by atoms with E-state index in [0.29, 0.717) is 0 Å². The lowest BCUT2D eigenvalue weighted by molar-refractivity contribution is 1.45. The predicted octanol–water partition coefficient (Wildman–Crippen LogP) is 8.00. The summed E-state index contributed by atoms with van der Waals surface area (Å²) in [6.07, 6.45) is 9.02. The monoisotopic (exact) mass is 566 g/mol. The van der Waals surface area contributed by atoms with Gasteiger partial charge in [-0.1, -0.05) is 158 Å². The van der Waals surface area contributed by atoms with Gasteiger partial charge in [0.2, 0.25) is 0 Å². The van der Waals surface area contributed by atoms with Crippen LogP contribution in [0.2, 0.25) is 0 Å². The molecule has 0 spiro atoms. The molecule has 0 N–H and O–H groups in total. The van der Waals surface area contributed by atoms with E-state index in [-0.39, 0.29) is 0 Å². The molecule has 0 saturated carbocycles. The van der Waals surface area contributed by atoms with Gasteiger partial charge in [-0.05, 0) is 91.2 Å². The molecule has 0 atom stereocenters. The first kappa shape index (κ1) is 26.9. The summed E-state index contributed by atoms with van der Waals surface area (Å²) in [5, 5.41) is 5.83. The zero-order valence-electron chi connectivity index (χ0n) is 24.7. The molecule has 6 aromatic rings. The SMILES string of the molecule is Cc1cc2c(cc1/C=C/c1ccccc1)-c1cc(/C=C/c3ccccc3)c(C)cc1[Si]2(c1ccccc1)c1ccccc1. The number of benzene rings is 6. The van der Waals surface area contributed by atoms with E-state index in [1.807, 2.05) is 0 Å². The van der Waals surface area contributed by atoms with Crippen LogP contribution in [0, 0.1) is 13.8 Å². The summed E-state index contributed by atoms with van der Waals surface area (Å²) in [6.45, 7) is 4.53. The smallest absolute Gasteiger partial charge is 0.0623 e. The van der Waals surface area contributed by atoms with Crippen LogP contribution >= 0.6 is 0 Å². The highest BCUT2D eigenvalue weighted by atomic mass is 28.3. The van der Waals surface area contributed by atoms with Gasteiger partial charge in [-0.25, -0.2) is 0 Å². The van der Waals surface area contributed by atoms with Crippen molar-refractivity contribution in [1.29, 1.82) is 0 Å². The summed E-state index contributed by atoms with van der Waals surface area (Å²) >= 11 is 0. The van der Waals surface area contributed by atoms with Crippen LogP contribution in [0.5, 0.6) is 0 Å². The fraction of sp³-hybridized carbons (Fsp3) is 0.0476. The summed E-state index contributed by atoms with van der Waals surface area (Å²) in [4.78, 5) is 0. The number of rotatable bonds is 6. The van der Waals surface area contributed by atoms with Crippen molar-refractivity contribution in [3.05, 3.63) is 179 Å². The van der Waals surface area contributed by atoms with Crippen molar-refractivity contribution in [3.63, 3.8) is 0 Å². The molecule has 0 saturated heterocycles. The van der Waals surface area contributed by atoms with Crippen LogP contribution in [-0.2, 0) is 0 Å². The van der Waals surface area contributed by atoms with E-state index in [0.717, 1.165) is 0 Å². The molecule has 7 rings (SSSR count). The van der Waals surface area contributed by atoms with Gasteiger partial charge in [0.25, 0.3) is 0 Å². The van der Waals surface area contributed by atoms with Crippen LogP contribution in [0.3, 0.4) is 0 Å². The lowest BCUT2D eigenvalue weighted by Crippen LogP contribution is -2.72. The molecular formula is C42H34Si. The minimum atomic E-state index is -2.56. The summed E-state index contributed by atoms with van der Waals surface area (Å²) < 4.78 is 0. The van der Waals surface area contributed by atoms with Crippen LogP contribution in [-0.4, -0.2) is 8.07 Å². The molecule has 0 bridgehead atoms. The lowest BCUT2D eigenvalue weighted by Gasteiger charge is -2.32. The molecule has 206 valence electrons. The van der Waals surface area contributed by atoms with E-state index >= 15 is 0 Å². The van der Waals surface area contributed by atoms with Gasteiger partial charge in [-0.2, -0.15) is 0 Å². The van der Waals surface area contributed by atoms with Crippen LogP contribution in [0.1, 0.15) is 33.4 Å². The lowest BCUT2D eigenvalue weighted by atomic mass is 9.96. The molecule has 1 heterocycles. The van der Waals surface area contributed by atoms with E-state index in [9.17, 15) is 0 Å². The Morgan fingerprint density at radius 2 is 0.744 bits per heavy atom. The van der Waals surface area contributed by atoms with Gasteiger partial charge >= 0.3 is 0 Å². The van der Waals surface area contributed by atoms with E-state index < -0.39 is 8.07 Å². The molecule has 1 aliphatic heterocycles. The Bertz CT molecular complexity index is 1800. The minimum absolute atomic E-state index is 1.21. The van der Waals surface area contributed by atoms with Crippen LogP contribution in [0.25, 0.3) is 35.4 Å². The van der Waals surface area contributed by atoms with E-state index in [1.165, 1.54) is 65.3 Å². The molecular weight excluding hydrogens is 533 g/mol. The predicted molar refractivity (Wildman–Crippen MR) is 189 cm³/mol. The van der Waals surface area contributed by atoms with E-state index in [2.05, 4.69) is 184 Å². The maximum Gasteiger partial charge on any atom is 0.180 e. The average molecular weight is 567 g/mol. The fourth-order valence-electron chi connectivity index (χ4n) is 6.69. The first-order valence-corrected chi connectivity index (χ1v) is 17.0. The van der Waals surface area contributed by atoms with Gasteiger partial charge in [-0.15, -0.1) is 0 Å². The highest BCUT2D eigenvalue weighted by Crippen LogP contribution is 2.33. The Morgan fingerprint density at radius 1 is 0.395 bits per heavy atom. The van der Waals surface area contributed by atoms with E-state index in [4.69, 9.17) is 0 Å². The molecule has 0 radical (unpaired) electrons. The number of fused-ring (bicyclic) bond motifs is 3. The molecule has 1 aliphatic rings. The number of hydrogen-bond donors (Lipinski definition) is 0. The highest BCUT2D eigenvalue weighted by molar-refractivity contribution is 7.22. The molecule has 0 amide bonds. The van der Waals surface area contributed by atoms with Crippen LogP contribution in [0.15, 0.2) is 146 Å². The molecule has 0 aliphatic carbocycles. The standard InChI is InChI=1S/C42H34Si/c1-31-27-41-39(29-35(31)25-23-33-15-7-3-8-16-33)40-30-36(26-24-34-17-9-4-10-18-34)32(2)28-42(40)43(41,37-19-11-5-12-20-37)38-21-13-6-14-22-38/h3-30H,1-2H3/b25-23+,26-24+. The van der Waals surface area contributed by atoms with Gasteiger partial charge in [0.1, 0.15) is 0 Å². The zero-order chi connectivity index (χ0) is 29.2. The van der Waals surface area contributed by atoms with Gasteiger partial charge in [-0.3, -0.25) is 0 Å². The van der Waals surface area contributed by atoms with Gasteiger partial charge in [0.15, 0.2) is 8.07 Å². The maximum absolute atomic E-state index is 2.56. The second kappa shape index (κ2) is 11.4. The molecule has 6 aromatic carbocycles. The Morgan fingerprint density at radius 3 is 1.12 bits per heavy atom. The second-order valence-electron chi connectivity index (χ2n) is 11.5. The molecule has 0 aromatic heterocycles. The second-order valence-corrected chi connectivity index (χ2v) is 15.2. The van der Waals surface area contributed by atoms with Crippen molar-refractivity contribution in [2.24, 2.45) is 0 Å². The minimum Gasteiger partial charge on any atom is -0.0623 e. The summed E-state index contributed by atoms with van der Waals surface area (Å²) in [5.74, 6) is 0. The molecule has 1 heteroatoms. The topological polar surface area (TPSA) is 0 Å². The first-order valence-electron chi connectivity index (χ1n) is 15.0. The summed E-state index contributed by atoms with van der Waals surface area (Å²) in [7, 11) is -2.56. The largest absolute Gasteiger partial charge is 0.180 e. The third kappa shape index (κ3) is 4.82. The molecule has 0 nitrogen and oxygen atoms in total. The Balaban J connectivity index is 1.50. The quantitative estimate of drug-likeness (QED) is 0.141. The third-order valence-corrected chi connectivity index (χ3v) is 13.7. The normalized spacial score (nSPS) is 13.3. The van der Waals surface area contributed by atoms with Crippen molar-refractivity contribution < 1.29 is 0 Å². The van der Waals surface area contributed by atoms with Crippen molar-refractivity contribution in [1.82, 2.24) is 0 Å². The van der Waals surface area contributed by atoms with Gasteiger partial charge in [0, 0.05) is 0 Å². The van der Waals surface area contributed by atoms with Gasteiger partial charge in [0.05, 0.1) is 0 Å². The van der Waals surface area contributed by atoms with Gasteiger partial charge < -0.3 is 0 Å². The fourth-order valence-corrected chi connectivity index (χ4v) is 12.0. The average Bonchev–Trinajstić information content (AvgIpc) is 3.32. The summed E-state index contributed by atoms with van der Waals surface area (Å²) in [6, 6.07) is 53.6. The molecule has 43 heavy (non-hydrogen) atoms. The van der Waals surface area contributed by atoms with Crippen molar-refractivity contribution in [2.75, 3.05) is 0 Å². The number of aryl methyl sites for hydroxylation is 2. The van der Waals surface area contributed by atoms with Crippen molar-refractivity contribution in [2.45, 2.75) is 13.8 Å².